The molecule has 0 fully saturated rings. The number of nitrogens with one attached hydrogen (secondary N) is 2. The number of benzene rings is 2. The first kappa shape index (κ1) is 22.1. The zero-order valence-electron chi connectivity index (χ0n) is 16.7. The first-order valence-corrected chi connectivity index (χ1v) is 9.86. The van der Waals surface area contributed by atoms with Crippen LogP contribution in [0.15, 0.2) is 41.2 Å². The van der Waals surface area contributed by atoms with Gasteiger partial charge in [0, 0.05) is 22.7 Å². The van der Waals surface area contributed by atoms with E-state index in [2.05, 4.69) is 10.3 Å². The Balaban J connectivity index is 1.95. The van der Waals surface area contributed by atoms with Crippen molar-refractivity contribution in [2.45, 2.75) is 43.5 Å². The fourth-order valence-corrected chi connectivity index (χ4v) is 4.45. The van der Waals surface area contributed by atoms with Gasteiger partial charge in [0.1, 0.15) is 5.82 Å². The van der Waals surface area contributed by atoms with Crippen LogP contribution < -0.4 is 10.9 Å². The fourth-order valence-electron chi connectivity index (χ4n) is 4.45. The Labute approximate surface area is 178 Å². The maximum absolute atomic E-state index is 14.2. The van der Waals surface area contributed by atoms with Gasteiger partial charge in [0.15, 0.2) is 17.2 Å². The molecule has 170 valence electrons. The minimum Gasteiger partial charge on any atom is -0.505 e. The molecule has 0 saturated heterocycles. The summed E-state index contributed by atoms with van der Waals surface area (Å²) in [6, 6.07) is 4.56. The minimum absolute atomic E-state index is 0.00929. The highest BCUT2D eigenvalue weighted by molar-refractivity contribution is 5.91. The molecule has 0 amide bonds. The molecule has 0 aliphatic heterocycles. The first-order valence-electron chi connectivity index (χ1n) is 9.86. The Kier molecular flexibility index (Phi) is 5.15. The summed E-state index contributed by atoms with van der Waals surface area (Å²) in [6.07, 6.45) is -5.77. The predicted molar refractivity (Wildman–Crippen MR) is 108 cm³/mol. The van der Waals surface area contributed by atoms with Gasteiger partial charge in [-0.3, -0.25) is 4.79 Å². The Bertz CT molecular complexity index is 1260. The van der Waals surface area contributed by atoms with E-state index in [9.17, 15) is 37.0 Å². The third-order valence-corrected chi connectivity index (χ3v) is 6.08. The summed E-state index contributed by atoms with van der Waals surface area (Å²) in [6.45, 7) is 1.58. The van der Waals surface area contributed by atoms with Gasteiger partial charge in [-0.1, -0.05) is 13.0 Å². The molecule has 0 unspecified atom stereocenters. The second kappa shape index (κ2) is 7.47. The molecule has 10 heteroatoms. The number of anilines is 1. The average molecular weight is 454 g/mol. The highest BCUT2D eigenvalue weighted by Crippen LogP contribution is 2.55. The van der Waals surface area contributed by atoms with Crippen LogP contribution in [0.25, 0.3) is 10.9 Å². The van der Waals surface area contributed by atoms with Crippen molar-refractivity contribution in [3.8, 4) is 5.75 Å². The number of aromatic hydroxyl groups is 1. The molecule has 1 aromatic heterocycles. The molecule has 5 nitrogen and oxygen atoms in total. The molecule has 1 aliphatic rings. The quantitative estimate of drug-likeness (QED) is 0.426. The number of hydrogen-bond acceptors (Lipinski definition) is 4. The Hall–Kier alpha value is -3.14. The minimum atomic E-state index is -5.08. The molecule has 0 radical (unpaired) electrons. The lowest BCUT2D eigenvalue weighted by Gasteiger charge is -2.45. The number of phenolic OH excluding ortho intramolecular Hbond substituents is 1. The highest BCUT2D eigenvalue weighted by atomic mass is 19.4. The number of alkyl halides is 3. The molecule has 4 rings (SSSR count). The molecule has 3 aromatic rings. The van der Waals surface area contributed by atoms with Crippen LogP contribution in [0.2, 0.25) is 0 Å². The third-order valence-electron chi connectivity index (χ3n) is 6.08. The maximum atomic E-state index is 14.2. The zero-order valence-corrected chi connectivity index (χ0v) is 16.7. The van der Waals surface area contributed by atoms with Gasteiger partial charge >= 0.3 is 6.18 Å². The van der Waals surface area contributed by atoms with Crippen LogP contribution in [-0.2, 0) is 0 Å². The van der Waals surface area contributed by atoms with Crippen LogP contribution in [0.1, 0.15) is 42.9 Å². The number of rotatable bonds is 3. The number of aliphatic hydroxyl groups is 1. The molecule has 32 heavy (non-hydrogen) atoms. The van der Waals surface area contributed by atoms with Crippen LogP contribution in [0.5, 0.6) is 5.75 Å². The van der Waals surface area contributed by atoms with Crippen molar-refractivity contribution in [1.29, 1.82) is 0 Å². The summed E-state index contributed by atoms with van der Waals surface area (Å²) in [7, 11) is 0. The van der Waals surface area contributed by atoms with E-state index >= 15 is 0 Å². The monoisotopic (exact) mass is 454 g/mol. The molecule has 1 aliphatic carbocycles. The number of fused-ring (bicyclic) bond motifs is 2. The van der Waals surface area contributed by atoms with Gasteiger partial charge < -0.3 is 20.5 Å². The van der Waals surface area contributed by atoms with Gasteiger partial charge in [0.2, 0.25) is 5.56 Å². The Morgan fingerprint density at radius 2 is 1.81 bits per heavy atom. The van der Waals surface area contributed by atoms with Crippen LogP contribution in [0.3, 0.4) is 0 Å². The van der Waals surface area contributed by atoms with Crippen molar-refractivity contribution >= 4 is 16.6 Å². The lowest BCUT2D eigenvalue weighted by atomic mass is 9.69. The molecule has 2 aromatic carbocycles. The van der Waals surface area contributed by atoms with Gasteiger partial charge in [-0.25, -0.2) is 8.78 Å². The van der Waals surface area contributed by atoms with Crippen LogP contribution in [-0.4, -0.2) is 27.0 Å². The maximum Gasteiger partial charge on any atom is 0.419 e. The second-order valence-electron chi connectivity index (χ2n) is 7.91. The lowest BCUT2D eigenvalue weighted by Crippen LogP contribution is -2.55. The van der Waals surface area contributed by atoms with Crippen molar-refractivity contribution in [2.24, 2.45) is 0 Å². The molecule has 0 spiro atoms. The summed E-state index contributed by atoms with van der Waals surface area (Å²) in [4.78, 5) is 13.9. The first-order chi connectivity index (χ1) is 15.0. The fraction of sp³-hybridized carbons (Fsp3) is 0.318. The van der Waals surface area contributed by atoms with Crippen LogP contribution in [0.4, 0.5) is 27.6 Å². The standard InChI is InChI=1S/C22H19F5N2O3/c1-2-10-9-21(32,22(25,26)27)20(12-3-5-14(24)19(31)17(10)12)28-15-7-6-13(23)18-11(15)4-8-16(30)29-18/h3-8,10,20,28,31-32H,2,9H2,1H3,(H,29,30)/t10-,20+,21+/m1/s1. The van der Waals surface area contributed by atoms with Crippen molar-refractivity contribution < 1.29 is 32.2 Å². The summed E-state index contributed by atoms with van der Waals surface area (Å²) in [5.41, 5.74) is -4.22. The smallest absolute Gasteiger partial charge is 0.419 e. The normalized spacial score (nSPS) is 23.2. The lowest BCUT2D eigenvalue weighted by molar-refractivity contribution is -0.272. The highest BCUT2D eigenvalue weighted by Gasteiger charge is 2.62. The van der Waals surface area contributed by atoms with E-state index < -0.39 is 53.1 Å². The number of aromatic nitrogens is 1. The summed E-state index contributed by atoms with van der Waals surface area (Å²) in [5, 5.41) is 23.9. The molecule has 0 bridgehead atoms. The zero-order chi connectivity index (χ0) is 23.4. The summed E-state index contributed by atoms with van der Waals surface area (Å²) >= 11 is 0. The molecule has 3 atom stereocenters. The van der Waals surface area contributed by atoms with E-state index in [-0.39, 0.29) is 34.1 Å². The number of pyridine rings is 1. The summed E-state index contributed by atoms with van der Waals surface area (Å²) < 4.78 is 70.7. The third kappa shape index (κ3) is 3.29. The number of phenols is 1. The Morgan fingerprint density at radius 3 is 2.47 bits per heavy atom. The number of H-pyrrole nitrogens is 1. The van der Waals surface area contributed by atoms with Gasteiger partial charge in [0.25, 0.3) is 0 Å². The van der Waals surface area contributed by atoms with Crippen molar-refractivity contribution in [2.75, 3.05) is 5.32 Å². The molecular weight excluding hydrogens is 435 g/mol. The molecular formula is C22H19F5N2O3. The topological polar surface area (TPSA) is 85.4 Å². The van der Waals surface area contributed by atoms with E-state index in [4.69, 9.17) is 0 Å². The van der Waals surface area contributed by atoms with E-state index in [0.717, 1.165) is 24.3 Å². The van der Waals surface area contributed by atoms with Crippen molar-refractivity contribution in [3.05, 3.63) is 69.5 Å². The van der Waals surface area contributed by atoms with Gasteiger partial charge in [-0.2, -0.15) is 13.2 Å². The number of hydrogen-bond donors (Lipinski definition) is 4. The molecule has 1 heterocycles. The van der Waals surface area contributed by atoms with Crippen molar-refractivity contribution in [3.63, 3.8) is 0 Å². The van der Waals surface area contributed by atoms with E-state index in [1.54, 1.807) is 6.92 Å². The number of halogens is 5. The second-order valence-corrected chi connectivity index (χ2v) is 7.91. The predicted octanol–water partition coefficient (Wildman–Crippen LogP) is 4.86. The van der Waals surface area contributed by atoms with Crippen LogP contribution >= 0.6 is 0 Å². The van der Waals surface area contributed by atoms with E-state index in [1.807, 2.05) is 0 Å². The Morgan fingerprint density at radius 1 is 1.12 bits per heavy atom. The number of aromatic amines is 1. The van der Waals surface area contributed by atoms with Crippen LogP contribution in [0, 0.1) is 11.6 Å². The van der Waals surface area contributed by atoms with Gasteiger partial charge in [0.05, 0.1) is 11.6 Å². The molecule has 4 N–H and O–H groups in total. The van der Waals surface area contributed by atoms with Gasteiger partial charge in [-0.15, -0.1) is 0 Å². The molecule has 0 saturated carbocycles. The average Bonchev–Trinajstić information content (AvgIpc) is 2.73. The van der Waals surface area contributed by atoms with E-state index in [0.29, 0.717) is 0 Å². The van der Waals surface area contributed by atoms with Gasteiger partial charge in [-0.05, 0) is 48.6 Å². The SMILES string of the molecule is CC[C@@H]1C[C@@](O)(C(F)(F)F)[C@@H](Nc2ccc(F)c3[nH]c(=O)ccc23)c2ccc(F)c(O)c21. The largest absolute Gasteiger partial charge is 0.505 e. The summed E-state index contributed by atoms with van der Waals surface area (Å²) in [5.74, 6) is -3.49. The van der Waals surface area contributed by atoms with E-state index in [1.165, 1.54) is 12.1 Å². The van der Waals surface area contributed by atoms with Crippen molar-refractivity contribution in [1.82, 2.24) is 4.98 Å².